The standard InChI is InChI=1S/C23H21FN4O2/c1-15-12-26-21(13-25-15)23(30)28-9-8-16-6-7-19(10-18(16)14-28)27-22(29)11-17-4-2-3-5-20(17)24/h2-7,10,12-13H,8-9,11,14H2,1H3,(H,27,29). The topological polar surface area (TPSA) is 75.2 Å². The molecule has 0 fully saturated rings. The number of fused-ring (bicyclic) bond motifs is 1. The van der Waals surface area contributed by atoms with Crippen LogP contribution in [0.5, 0.6) is 0 Å². The Morgan fingerprint density at radius 3 is 2.70 bits per heavy atom. The number of aromatic nitrogens is 2. The zero-order chi connectivity index (χ0) is 21.1. The second kappa shape index (κ2) is 8.41. The third-order valence-corrected chi connectivity index (χ3v) is 5.10. The Balaban J connectivity index is 1.45. The lowest BCUT2D eigenvalue weighted by atomic mass is 9.98. The van der Waals surface area contributed by atoms with Gasteiger partial charge in [0.2, 0.25) is 5.91 Å². The first kappa shape index (κ1) is 19.7. The summed E-state index contributed by atoms with van der Waals surface area (Å²) in [6.07, 6.45) is 3.76. The average molecular weight is 404 g/mol. The fraction of sp³-hybridized carbons (Fsp3) is 0.217. The molecule has 0 saturated heterocycles. The molecule has 152 valence electrons. The van der Waals surface area contributed by atoms with Gasteiger partial charge < -0.3 is 10.2 Å². The molecule has 0 radical (unpaired) electrons. The number of anilines is 1. The molecular formula is C23H21FN4O2. The molecule has 0 atom stereocenters. The number of hydrogen-bond acceptors (Lipinski definition) is 4. The highest BCUT2D eigenvalue weighted by Crippen LogP contribution is 2.24. The monoisotopic (exact) mass is 404 g/mol. The van der Waals surface area contributed by atoms with Gasteiger partial charge >= 0.3 is 0 Å². The summed E-state index contributed by atoms with van der Waals surface area (Å²) >= 11 is 0. The molecule has 1 aliphatic rings. The van der Waals surface area contributed by atoms with Crippen molar-refractivity contribution in [1.82, 2.24) is 14.9 Å². The van der Waals surface area contributed by atoms with Crippen molar-refractivity contribution in [2.45, 2.75) is 26.3 Å². The largest absolute Gasteiger partial charge is 0.333 e. The average Bonchev–Trinajstić information content (AvgIpc) is 2.75. The van der Waals surface area contributed by atoms with E-state index in [0.717, 1.165) is 23.2 Å². The quantitative estimate of drug-likeness (QED) is 0.724. The van der Waals surface area contributed by atoms with Crippen molar-refractivity contribution >= 4 is 17.5 Å². The van der Waals surface area contributed by atoms with E-state index in [0.29, 0.717) is 30.0 Å². The Morgan fingerprint density at radius 1 is 1.10 bits per heavy atom. The number of carbonyl (C=O) groups excluding carboxylic acids is 2. The first-order valence-corrected chi connectivity index (χ1v) is 9.72. The molecule has 6 nitrogen and oxygen atoms in total. The molecule has 2 heterocycles. The summed E-state index contributed by atoms with van der Waals surface area (Å²) in [7, 11) is 0. The molecule has 0 unspecified atom stereocenters. The Morgan fingerprint density at radius 2 is 1.93 bits per heavy atom. The number of amides is 2. The summed E-state index contributed by atoms with van der Waals surface area (Å²) in [4.78, 5) is 35.1. The van der Waals surface area contributed by atoms with Gasteiger partial charge in [0.05, 0.1) is 18.3 Å². The first-order chi connectivity index (χ1) is 14.5. The van der Waals surface area contributed by atoms with E-state index in [2.05, 4.69) is 15.3 Å². The molecule has 30 heavy (non-hydrogen) atoms. The van der Waals surface area contributed by atoms with Crippen LogP contribution in [0.25, 0.3) is 0 Å². The summed E-state index contributed by atoms with van der Waals surface area (Å²) in [5, 5.41) is 2.82. The van der Waals surface area contributed by atoms with Crippen molar-refractivity contribution in [3.63, 3.8) is 0 Å². The third kappa shape index (κ3) is 4.35. The van der Waals surface area contributed by atoms with Gasteiger partial charge in [-0.2, -0.15) is 0 Å². The molecular weight excluding hydrogens is 383 g/mol. The molecule has 1 aliphatic heterocycles. The molecule has 2 aromatic carbocycles. The summed E-state index contributed by atoms with van der Waals surface area (Å²) in [5.41, 5.74) is 4.16. The van der Waals surface area contributed by atoms with Crippen molar-refractivity contribution in [1.29, 1.82) is 0 Å². The number of nitrogens with zero attached hydrogens (tertiary/aromatic N) is 3. The van der Waals surface area contributed by atoms with E-state index < -0.39 is 5.82 Å². The van der Waals surface area contributed by atoms with Gasteiger partial charge in [-0.1, -0.05) is 24.3 Å². The van der Waals surface area contributed by atoms with Gasteiger partial charge in [-0.05, 0) is 48.2 Å². The number of benzene rings is 2. The minimum Gasteiger partial charge on any atom is -0.333 e. The highest BCUT2D eigenvalue weighted by molar-refractivity contribution is 5.93. The second-order valence-corrected chi connectivity index (χ2v) is 7.32. The molecule has 0 saturated carbocycles. The predicted octanol–water partition coefficient (Wildman–Crippen LogP) is 3.30. The highest BCUT2D eigenvalue weighted by Gasteiger charge is 2.23. The Labute approximate surface area is 173 Å². The van der Waals surface area contributed by atoms with Crippen molar-refractivity contribution in [2.24, 2.45) is 0 Å². The van der Waals surface area contributed by atoms with Crippen molar-refractivity contribution in [3.8, 4) is 0 Å². The van der Waals surface area contributed by atoms with Crippen LogP contribution in [0.3, 0.4) is 0 Å². The second-order valence-electron chi connectivity index (χ2n) is 7.32. The number of rotatable bonds is 4. The van der Waals surface area contributed by atoms with E-state index in [1.54, 1.807) is 29.3 Å². The molecule has 0 bridgehead atoms. The summed E-state index contributed by atoms with van der Waals surface area (Å²) in [6, 6.07) is 11.9. The van der Waals surface area contributed by atoms with E-state index in [4.69, 9.17) is 0 Å². The van der Waals surface area contributed by atoms with Gasteiger partial charge in [0.25, 0.3) is 5.91 Å². The predicted molar refractivity (Wildman–Crippen MR) is 110 cm³/mol. The van der Waals surface area contributed by atoms with Crippen LogP contribution in [0.2, 0.25) is 0 Å². The first-order valence-electron chi connectivity index (χ1n) is 9.72. The van der Waals surface area contributed by atoms with Gasteiger partial charge in [-0.25, -0.2) is 9.37 Å². The normalized spacial score (nSPS) is 12.9. The number of hydrogen-bond donors (Lipinski definition) is 1. The molecule has 0 aliphatic carbocycles. The maximum atomic E-state index is 13.8. The highest BCUT2D eigenvalue weighted by atomic mass is 19.1. The Bertz CT molecular complexity index is 1100. The minimum absolute atomic E-state index is 0.0412. The zero-order valence-corrected chi connectivity index (χ0v) is 16.6. The van der Waals surface area contributed by atoms with E-state index in [1.165, 1.54) is 12.3 Å². The van der Waals surface area contributed by atoms with Crippen LogP contribution in [0.4, 0.5) is 10.1 Å². The fourth-order valence-electron chi connectivity index (χ4n) is 3.49. The molecule has 2 amide bonds. The SMILES string of the molecule is Cc1cnc(C(=O)N2CCc3ccc(NC(=O)Cc4ccccc4F)cc3C2)cn1. The lowest BCUT2D eigenvalue weighted by Crippen LogP contribution is -2.36. The van der Waals surface area contributed by atoms with Crippen molar-refractivity contribution in [3.05, 3.63) is 88.8 Å². The van der Waals surface area contributed by atoms with Gasteiger partial charge in [-0.15, -0.1) is 0 Å². The van der Waals surface area contributed by atoms with Crippen LogP contribution in [0.1, 0.15) is 32.9 Å². The van der Waals surface area contributed by atoms with Crippen LogP contribution in [-0.2, 0) is 24.2 Å². The van der Waals surface area contributed by atoms with Crippen molar-refractivity contribution in [2.75, 3.05) is 11.9 Å². The maximum Gasteiger partial charge on any atom is 0.274 e. The van der Waals surface area contributed by atoms with Crippen LogP contribution in [0.15, 0.2) is 54.9 Å². The summed E-state index contributed by atoms with van der Waals surface area (Å²) in [5.74, 6) is -0.854. The van der Waals surface area contributed by atoms with Crippen molar-refractivity contribution < 1.29 is 14.0 Å². The number of halogens is 1. The maximum absolute atomic E-state index is 13.8. The smallest absolute Gasteiger partial charge is 0.274 e. The van der Waals surface area contributed by atoms with Crippen LogP contribution in [-0.4, -0.2) is 33.2 Å². The minimum atomic E-state index is -0.397. The van der Waals surface area contributed by atoms with Gasteiger partial charge in [0.15, 0.2) is 0 Å². The van der Waals surface area contributed by atoms with E-state index in [1.807, 2.05) is 25.1 Å². The Hall–Kier alpha value is -3.61. The van der Waals surface area contributed by atoms with Gasteiger partial charge in [-0.3, -0.25) is 14.6 Å². The molecule has 0 spiro atoms. The summed E-state index contributed by atoms with van der Waals surface area (Å²) in [6.45, 7) is 2.85. The Kier molecular flexibility index (Phi) is 5.52. The zero-order valence-electron chi connectivity index (χ0n) is 16.6. The molecule has 1 N–H and O–H groups in total. The molecule has 3 aromatic rings. The lowest BCUT2D eigenvalue weighted by Gasteiger charge is -2.29. The number of carbonyl (C=O) groups is 2. The van der Waals surface area contributed by atoms with Crippen LogP contribution < -0.4 is 5.32 Å². The molecule has 1 aromatic heterocycles. The molecule has 4 rings (SSSR count). The lowest BCUT2D eigenvalue weighted by molar-refractivity contribution is -0.115. The number of nitrogens with one attached hydrogen (secondary N) is 1. The van der Waals surface area contributed by atoms with Gasteiger partial charge in [0, 0.05) is 25.0 Å². The van der Waals surface area contributed by atoms with E-state index in [9.17, 15) is 14.0 Å². The fourth-order valence-corrected chi connectivity index (χ4v) is 3.49. The van der Waals surface area contributed by atoms with E-state index in [-0.39, 0.29) is 18.2 Å². The van der Waals surface area contributed by atoms with Crippen LogP contribution >= 0.6 is 0 Å². The summed E-state index contributed by atoms with van der Waals surface area (Å²) < 4.78 is 13.8. The number of aryl methyl sites for hydroxylation is 1. The third-order valence-electron chi connectivity index (χ3n) is 5.10. The van der Waals surface area contributed by atoms with Crippen LogP contribution in [0, 0.1) is 12.7 Å². The van der Waals surface area contributed by atoms with E-state index >= 15 is 0 Å². The van der Waals surface area contributed by atoms with Gasteiger partial charge in [0.1, 0.15) is 11.5 Å². The molecule has 7 heteroatoms.